The standard InChI is InChI=1S/C11H13ClO/c1-7-10(6-11(7)13)8-3-2-4-9(12)5-8/h2-5,7,10-11,13H,6H2,1H3. The Morgan fingerprint density at radius 2 is 2.23 bits per heavy atom. The molecule has 1 nitrogen and oxygen atoms in total. The Hall–Kier alpha value is -0.530. The minimum Gasteiger partial charge on any atom is -0.393 e. The number of aliphatic hydroxyl groups is 1. The molecule has 0 radical (unpaired) electrons. The molecule has 0 bridgehead atoms. The lowest BCUT2D eigenvalue weighted by Crippen LogP contribution is -2.37. The summed E-state index contributed by atoms with van der Waals surface area (Å²) < 4.78 is 0. The summed E-state index contributed by atoms with van der Waals surface area (Å²) in [6.07, 6.45) is 0.755. The lowest BCUT2D eigenvalue weighted by molar-refractivity contribution is 0.0117. The molecule has 0 amide bonds. The SMILES string of the molecule is CC1C(O)CC1c1cccc(Cl)c1. The van der Waals surface area contributed by atoms with Crippen LogP contribution in [0.3, 0.4) is 0 Å². The van der Waals surface area contributed by atoms with E-state index >= 15 is 0 Å². The number of rotatable bonds is 1. The zero-order chi connectivity index (χ0) is 9.42. The molecule has 1 saturated carbocycles. The van der Waals surface area contributed by atoms with E-state index in [0.29, 0.717) is 11.8 Å². The van der Waals surface area contributed by atoms with Crippen LogP contribution in [0.2, 0.25) is 5.02 Å². The first kappa shape index (κ1) is 9.04. The van der Waals surface area contributed by atoms with Crippen molar-refractivity contribution < 1.29 is 5.11 Å². The summed E-state index contributed by atoms with van der Waals surface area (Å²) >= 11 is 5.89. The van der Waals surface area contributed by atoms with Crippen molar-refractivity contribution in [2.75, 3.05) is 0 Å². The number of aliphatic hydroxyl groups excluding tert-OH is 1. The van der Waals surface area contributed by atoms with Gasteiger partial charge in [0, 0.05) is 5.02 Å². The van der Waals surface area contributed by atoms with Crippen LogP contribution >= 0.6 is 11.6 Å². The maximum atomic E-state index is 9.38. The second kappa shape index (κ2) is 3.32. The predicted molar refractivity (Wildman–Crippen MR) is 54.0 cm³/mol. The van der Waals surface area contributed by atoms with Crippen LogP contribution < -0.4 is 0 Å². The third-order valence-electron chi connectivity index (χ3n) is 3.01. The normalized spacial score (nSPS) is 32.7. The summed E-state index contributed by atoms with van der Waals surface area (Å²) in [6.45, 7) is 2.08. The number of hydrogen-bond acceptors (Lipinski definition) is 1. The summed E-state index contributed by atoms with van der Waals surface area (Å²) in [5.74, 6) is 0.868. The van der Waals surface area contributed by atoms with Crippen molar-refractivity contribution in [3.8, 4) is 0 Å². The number of benzene rings is 1. The summed E-state index contributed by atoms with van der Waals surface area (Å²) in [4.78, 5) is 0. The Labute approximate surface area is 83.3 Å². The zero-order valence-corrected chi connectivity index (χ0v) is 8.33. The van der Waals surface area contributed by atoms with Crippen molar-refractivity contribution in [1.82, 2.24) is 0 Å². The smallest absolute Gasteiger partial charge is 0.0577 e. The van der Waals surface area contributed by atoms with Crippen molar-refractivity contribution in [3.63, 3.8) is 0 Å². The third kappa shape index (κ3) is 1.59. The molecular weight excluding hydrogens is 184 g/mol. The van der Waals surface area contributed by atoms with Gasteiger partial charge in [0.1, 0.15) is 0 Å². The Bertz CT molecular complexity index is 311. The highest BCUT2D eigenvalue weighted by molar-refractivity contribution is 6.30. The molecule has 13 heavy (non-hydrogen) atoms. The fourth-order valence-corrected chi connectivity index (χ4v) is 2.14. The molecule has 3 atom stereocenters. The van der Waals surface area contributed by atoms with Gasteiger partial charge in [-0.25, -0.2) is 0 Å². The van der Waals surface area contributed by atoms with Crippen molar-refractivity contribution in [2.24, 2.45) is 5.92 Å². The van der Waals surface area contributed by atoms with Crippen molar-refractivity contribution >= 4 is 11.6 Å². The maximum absolute atomic E-state index is 9.38. The fourth-order valence-electron chi connectivity index (χ4n) is 1.94. The molecule has 1 fully saturated rings. The van der Waals surface area contributed by atoms with E-state index < -0.39 is 0 Å². The average Bonchev–Trinajstić information content (AvgIpc) is 2.13. The molecular formula is C11H13ClO. The monoisotopic (exact) mass is 196 g/mol. The molecule has 1 N–H and O–H groups in total. The summed E-state index contributed by atoms with van der Waals surface area (Å²) in [5.41, 5.74) is 1.25. The van der Waals surface area contributed by atoms with Crippen molar-refractivity contribution in [3.05, 3.63) is 34.9 Å². The van der Waals surface area contributed by atoms with Gasteiger partial charge < -0.3 is 5.11 Å². The topological polar surface area (TPSA) is 20.2 Å². The van der Waals surface area contributed by atoms with E-state index in [2.05, 4.69) is 13.0 Å². The summed E-state index contributed by atoms with van der Waals surface area (Å²) in [5, 5.41) is 10.2. The van der Waals surface area contributed by atoms with Crippen molar-refractivity contribution in [1.29, 1.82) is 0 Å². The van der Waals surface area contributed by atoms with Crippen LogP contribution in [0.15, 0.2) is 24.3 Å². The van der Waals surface area contributed by atoms with E-state index in [1.165, 1.54) is 5.56 Å². The predicted octanol–water partition coefficient (Wildman–Crippen LogP) is 2.82. The Morgan fingerprint density at radius 1 is 1.46 bits per heavy atom. The van der Waals surface area contributed by atoms with E-state index in [1.54, 1.807) is 0 Å². The largest absolute Gasteiger partial charge is 0.393 e. The quantitative estimate of drug-likeness (QED) is 0.733. The van der Waals surface area contributed by atoms with Gasteiger partial charge in [-0.1, -0.05) is 30.7 Å². The number of hydrogen-bond donors (Lipinski definition) is 1. The first-order valence-corrected chi connectivity index (χ1v) is 5.00. The molecule has 70 valence electrons. The van der Waals surface area contributed by atoms with E-state index in [-0.39, 0.29) is 6.10 Å². The molecule has 0 aromatic heterocycles. The first-order chi connectivity index (χ1) is 6.18. The van der Waals surface area contributed by atoms with Crippen LogP contribution in [-0.4, -0.2) is 11.2 Å². The van der Waals surface area contributed by atoms with Gasteiger partial charge in [0.25, 0.3) is 0 Å². The van der Waals surface area contributed by atoms with Gasteiger partial charge >= 0.3 is 0 Å². The molecule has 1 aliphatic rings. The maximum Gasteiger partial charge on any atom is 0.0577 e. The molecule has 1 aromatic rings. The van der Waals surface area contributed by atoms with Gasteiger partial charge in [-0.2, -0.15) is 0 Å². The van der Waals surface area contributed by atoms with Crippen LogP contribution in [-0.2, 0) is 0 Å². The van der Waals surface area contributed by atoms with E-state index in [4.69, 9.17) is 11.6 Å². The van der Waals surface area contributed by atoms with Gasteiger partial charge in [0.2, 0.25) is 0 Å². The first-order valence-electron chi connectivity index (χ1n) is 4.62. The second-order valence-corrected chi connectivity index (χ2v) is 4.26. The minimum atomic E-state index is -0.121. The Morgan fingerprint density at radius 3 is 2.77 bits per heavy atom. The molecule has 0 aliphatic heterocycles. The molecule has 3 unspecified atom stereocenters. The highest BCUT2D eigenvalue weighted by Gasteiger charge is 2.36. The number of halogens is 1. The third-order valence-corrected chi connectivity index (χ3v) is 3.25. The Kier molecular flexibility index (Phi) is 2.31. The van der Waals surface area contributed by atoms with Crippen LogP contribution in [0.5, 0.6) is 0 Å². The average molecular weight is 197 g/mol. The fraction of sp³-hybridized carbons (Fsp3) is 0.455. The highest BCUT2D eigenvalue weighted by Crippen LogP contribution is 2.42. The van der Waals surface area contributed by atoms with E-state index in [0.717, 1.165) is 11.4 Å². The lowest BCUT2D eigenvalue weighted by atomic mass is 9.69. The molecule has 1 aromatic carbocycles. The molecule has 2 heteroatoms. The van der Waals surface area contributed by atoms with Gasteiger partial charge in [0.05, 0.1) is 6.10 Å². The van der Waals surface area contributed by atoms with Gasteiger partial charge in [-0.05, 0) is 36.0 Å². The lowest BCUT2D eigenvalue weighted by Gasteiger charge is -2.39. The van der Waals surface area contributed by atoms with Crippen LogP contribution in [0.1, 0.15) is 24.8 Å². The highest BCUT2D eigenvalue weighted by atomic mass is 35.5. The molecule has 0 spiro atoms. The Balaban J connectivity index is 2.18. The van der Waals surface area contributed by atoms with Crippen LogP contribution in [0.25, 0.3) is 0 Å². The van der Waals surface area contributed by atoms with Gasteiger partial charge in [0.15, 0.2) is 0 Å². The second-order valence-electron chi connectivity index (χ2n) is 3.82. The van der Waals surface area contributed by atoms with Crippen LogP contribution in [0.4, 0.5) is 0 Å². The summed E-state index contributed by atoms with van der Waals surface area (Å²) in [7, 11) is 0. The molecule has 0 saturated heterocycles. The van der Waals surface area contributed by atoms with Crippen molar-refractivity contribution in [2.45, 2.75) is 25.4 Å². The molecule has 1 aliphatic carbocycles. The van der Waals surface area contributed by atoms with Gasteiger partial charge in [-0.3, -0.25) is 0 Å². The van der Waals surface area contributed by atoms with E-state index in [9.17, 15) is 5.11 Å². The summed E-state index contributed by atoms with van der Waals surface area (Å²) in [6, 6.07) is 7.92. The van der Waals surface area contributed by atoms with Gasteiger partial charge in [-0.15, -0.1) is 0 Å². The zero-order valence-electron chi connectivity index (χ0n) is 7.57. The van der Waals surface area contributed by atoms with Crippen LogP contribution in [0, 0.1) is 5.92 Å². The van der Waals surface area contributed by atoms with E-state index in [1.807, 2.05) is 18.2 Å². The molecule has 2 rings (SSSR count). The molecule has 0 heterocycles. The minimum absolute atomic E-state index is 0.121.